The Balaban J connectivity index is 1.51. The zero-order valence-corrected chi connectivity index (χ0v) is 15.1. The van der Waals surface area contributed by atoms with Gasteiger partial charge in [0.1, 0.15) is 11.5 Å². The maximum absolute atomic E-state index is 12.3. The number of hydrogen-bond donors (Lipinski definition) is 1. The summed E-state index contributed by atoms with van der Waals surface area (Å²) >= 11 is 0. The average Bonchev–Trinajstić information content (AvgIpc) is 2.97. The van der Waals surface area contributed by atoms with Gasteiger partial charge in [0, 0.05) is 24.3 Å². The molecule has 1 amide bonds. The molecule has 0 aliphatic heterocycles. The van der Waals surface area contributed by atoms with Crippen molar-refractivity contribution in [1.82, 2.24) is 15.1 Å². The molecule has 0 atom stereocenters. The number of ether oxygens (including phenoxy) is 1. The molecule has 0 spiro atoms. The van der Waals surface area contributed by atoms with Crippen molar-refractivity contribution in [2.24, 2.45) is 0 Å². The standard InChI is InChI=1S/C21H23N3O2/c1-16-14-17(2)24(23-16)13-7-12-22-21(25)18-8-6-11-20(15-18)26-19-9-4-3-5-10-19/h3-6,8-11,14-15H,7,12-13H2,1-2H3,(H,22,25). The van der Waals surface area contributed by atoms with Crippen molar-refractivity contribution in [2.75, 3.05) is 6.54 Å². The number of nitrogens with one attached hydrogen (secondary N) is 1. The molecule has 0 bridgehead atoms. The monoisotopic (exact) mass is 349 g/mol. The van der Waals surface area contributed by atoms with E-state index in [0.29, 0.717) is 17.9 Å². The van der Waals surface area contributed by atoms with Crippen LogP contribution in [0.3, 0.4) is 0 Å². The second-order valence-corrected chi connectivity index (χ2v) is 6.20. The molecule has 26 heavy (non-hydrogen) atoms. The maximum atomic E-state index is 12.3. The highest BCUT2D eigenvalue weighted by molar-refractivity contribution is 5.94. The molecule has 1 aromatic heterocycles. The smallest absolute Gasteiger partial charge is 0.251 e. The van der Waals surface area contributed by atoms with E-state index in [1.54, 1.807) is 12.1 Å². The lowest BCUT2D eigenvalue weighted by Gasteiger charge is -2.09. The summed E-state index contributed by atoms with van der Waals surface area (Å²) < 4.78 is 7.74. The van der Waals surface area contributed by atoms with Crippen molar-refractivity contribution in [3.63, 3.8) is 0 Å². The number of carbonyl (C=O) groups is 1. The topological polar surface area (TPSA) is 56.2 Å². The molecule has 2 aromatic carbocycles. The molecule has 5 heteroatoms. The van der Waals surface area contributed by atoms with Gasteiger partial charge in [-0.3, -0.25) is 9.48 Å². The van der Waals surface area contributed by atoms with Crippen LogP contribution in [-0.4, -0.2) is 22.2 Å². The number of carbonyl (C=O) groups excluding carboxylic acids is 1. The number of rotatable bonds is 7. The quantitative estimate of drug-likeness (QED) is 0.653. The van der Waals surface area contributed by atoms with E-state index in [9.17, 15) is 4.79 Å². The first kappa shape index (κ1) is 17.7. The maximum Gasteiger partial charge on any atom is 0.251 e. The molecule has 3 aromatic rings. The summed E-state index contributed by atoms with van der Waals surface area (Å²) in [5.74, 6) is 1.29. The van der Waals surface area contributed by atoms with Gasteiger partial charge in [-0.1, -0.05) is 24.3 Å². The van der Waals surface area contributed by atoms with Crippen LogP contribution in [0, 0.1) is 13.8 Å². The van der Waals surface area contributed by atoms with E-state index in [2.05, 4.69) is 16.5 Å². The van der Waals surface area contributed by atoms with Crippen LogP contribution in [0.4, 0.5) is 0 Å². The summed E-state index contributed by atoms with van der Waals surface area (Å²) in [6.07, 6.45) is 0.827. The molecule has 0 unspecified atom stereocenters. The van der Waals surface area contributed by atoms with E-state index < -0.39 is 0 Å². The van der Waals surface area contributed by atoms with Crippen LogP contribution >= 0.6 is 0 Å². The molecule has 0 saturated carbocycles. The van der Waals surface area contributed by atoms with Crippen molar-refractivity contribution in [2.45, 2.75) is 26.8 Å². The fourth-order valence-corrected chi connectivity index (χ4v) is 2.76. The van der Waals surface area contributed by atoms with Crippen LogP contribution in [0.15, 0.2) is 60.7 Å². The van der Waals surface area contributed by atoms with Crippen molar-refractivity contribution in [3.05, 3.63) is 77.6 Å². The molecule has 0 aliphatic rings. The number of aromatic nitrogens is 2. The molecule has 3 rings (SSSR count). The Morgan fingerprint density at radius 2 is 1.81 bits per heavy atom. The third kappa shape index (κ3) is 4.72. The number of aryl methyl sites for hydroxylation is 3. The fraction of sp³-hybridized carbons (Fsp3) is 0.238. The summed E-state index contributed by atoms with van der Waals surface area (Å²) in [7, 11) is 0. The highest BCUT2D eigenvalue weighted by Gasteiger charge is 2.07. The van der Waals surface area contributed by atoms with Gasteiger partial charge < -0.3 is 10.1 Å². The first-order valence-electron chi connectivity index (χ1n) is 8.74. The molecule has 0 radical (unpaired) electrons. The lowest BCUT2D eigenvalue weighted by atomic mass is 10.2. The second-order valence-electron chi connectivity index (χ2n) is 6.20. The van der Waals surface area contributed by atoms with Crippen molar-refractivity contribution in [3.8, 4) is 11.5 Å². The van der Waals surface area contributed by atoms with Crippen LogP contribution in [0.25, 0.3) is 0 Å². The van der Waals surface area contributed by atoms with Crippen LogP contribution in [0.5, 0.6) is 11.5 Å². The lowest BCUT2D eigenvalue weighted by molar-refractivity contribution is 0.0952. The van der Waals surface area contributed by atoms with Gasteiger partial charge in [-0.2, -0.15) is 5.10 Å². The van der Waals surface area contributed by atoms with Crippen LogP contribution in [0.1, 0.15) is 28.2 Å². The predicted molar refractivity (Wildman–Crippen MR) is 102 cm³/mol. The molecule has 1 N–H and O–H groups in total. The Morgan fingerprint density at radius 3 is 2.54 bits per heavy atom. The summed E-state index contributed by atoms with van der Waals surface area (Å²) in [6, 6.07) is 18.8. The summed E-state index contributed by atoms with van der Waals surface area (Å²) in [5, 5.41) is 7.37. The van der Waals surface area contributed by atoms with Gasteiger partial charge in [0.15, 0.2) is 0 Å². The largest absolute Gasteiger partial charge is 0.457 e. The zero-order valence-electron chi connectivity index (χ0n) is 15.1. The van der Waals surface area contributed by atoms with Crippen LogP contribution < -0.4 is 10.1 Å². The van der Waals surface area contributed by atoms with E-state index in [-0.39, 0.29) is 5.91 Å². The summed E-state index contributed by atoms with van der Waals surface area (Å²) in [5.41, 5.74) is 2.74. The zero-order chi connectivity index (χ0) is 18.4. The first-order chi connectivity index (χ1) is 12.6. The Labute approximate surface area is 153 Å². The highest BCUT2D eigenvalue weighted by atomic mass is 16.5. The van der Waals surface area contributed by atoms with Crippen molar-refractivity contribution in [1.29, 1.82) is 0 Å². The predicted octanol–water partition coefficient (Wildman–Crippen LogP) is 4.11. The second kappa shape index (κ2) is 8.34. The van der Waals surface area contributed by atoms with Gasteiger partial charge in [-0.05, 0) is 56.7 Å². The average molecular weight is 349 g/mol. The Hall–Kier alpha value is -3.08. The van der Waals surface area contributed by atoms with E-state index in [0.717, 1.165) is 30.1 Å². The Morgan fingerprint density at radius 1 is 1.04 bits per heavy atom. The van der Waals surface area contributed by atoms with Gasteiger partial charge in [-0.15, -0.1) is 0 Å². The number of para-hydroxylation sites is 1. The molecule has 0 fully saturated rings. The van der Waals surface area contributed by atoms with Crippen molar-refractivity contribution < 1.29 is 9.53 Å². The summed E-state index contributed by atoms with van der Waals surface area (Å²) in [6.45, 7) is 5.41. The number of amides is 1. The summed E-state index contributed by atoms with van der Waals surface area (Å²) in [4.78, 5) is 12.3. The minimum Gasteiger partial charge on any atom is -0.457 e. The fourth-order valence-electron chi connectivity index (χ4n) is 2.76. The Kier molecular flexibility index (Phi) is 5.69. The van der Waals surface area contributed by atoms with Gasteiger partial charge in [0.2, 0.25) is 0 Å². The van der Waals surface area contributed by atoms with E-state index in [1.807, 2.05) is 61.0 Å². The molecular formula is C21H23N3O2. The minimum absolute atomic E-state index is 0.100. The Bertz CT molecular complexity index is 872. The molecule has 0 saturated heterocycles. The van der Waals surface area contributed by atoms with Crippen LogP contribution in [0.2, 0.25) is 0 Å². The number of nitrogens with zero attached hydrogens (tertiary/aromatic N) is 2. The van der Waals surface area contributed by atoms with Crippen LogP contribution in [-0.2, 0) is 6.54 Å². The third-order valence-electron chi connectivity index (χ3n) is 4.01. The number of benzene rings is 2. The molecule has 0 aliphatic carbocycles. The third-order valence-corrected chi connectivity index (χ3v) is 4.01. The van der Waals surface area contributed by atoms with Gasteiger partial charge >= 0.3 is 0 Å². The molecular weight excluding hydrogens is 326 g/mol. The first-order valence-corrected chi connectivity index (χ1v) is 8.74. The molecule has 134 valence electrons. The van der Waals surface area contributed by atoms with Gasteiger partial charge in [0.05, 0.1) is 5.69 Å². The molecule has 5 nitrogen and oxygen atoms in total. The van der Waals surface area contributed by atoms with E-state index >= 15 is 0 Å². The molecule has 1 heterocycles. The highest BCUT2D eigenvalue weighted by Crippen LogP contribution is 2.21. The van der Waals surface area contributed by atoms with Crippen molar-refractivity contribution >= 4 is 5.91 Å². The number of hydrogen-bond acceptors (Lipinski definition) is 3. The van der Waals surface area contributed by atoms with Gasteiger partial charge in [0.25, 0.3) is 5.91 Å². The lowest BCUT2D eigenvalue weighted by Crippen LogP contribution is -2.25. The normalized spacial score (nSPS) is 10.5. The minimum atomic E-state index is -0.100. The van der Waals surface area contributed by atoms with E-state index in [1.165, 1.54) is 0 Å². The SMILES string of the molecule is Cc1cc(C)n(CCCNC(=O)c2cccc(Oc3ccccc3)c2)n1. The van der Waals surface area contributed by atoms with Gasteiger partial charge in [-0.25, -0.2) is 0 Å². The van der Waals surface area contributed by atoms with E-state index in [4.69, 9.17) is 4.74 Å².